The summed E-state index contributed by atoms with van der Waals surface area (Å²) in [6.45, 7) is 4.67. The highest BCUT2D eigenvalue weighted by Gasteiger charge is 2.31. The average molecular weight is 292 g/mol. The van der Waals surface area contributed by atoms with Crippen LogP contribution in [0.4, 0.5) is 10.5 Å². The first kappa shape index (κ1) is 17.0. The molecule has 0 radical (unpaired) electrons. The lowest BCUT2D eigenvalue weighted by molar-refractivity contribution is -0.135. The van der Waals surface area contributed by atoms with Crippen molar-refractivity contribution in [1.29, 1.82) is 0 Å². The quantitative estimate of drug-likeness (QED) is 0.739. The van der Waals surface area contributed by atoms with Gasteiger partial charge < -0.3 is 20.9 Å². The Morgan fingerprint density at radius 2 is 1.81 bits per heavy atom. The Balaban J connectivity index is 2.58. The molecule has 6 nitrogen and oxygen atoms in total. The first-order valence-corrected chi connectivity index (χ1v) is 6.91. The number of anilines is 1. The summed E-state index contributed by atoms with van der Waals surface area (Å²) in [5.74, 6) is -0.138. The normalized spacial score (nSPS) is 10.9. The summed E-state index contributed by atoms with van der Waals surface area (Å²) in [7, 11) is 3.55. The van der Waals surface area contributed by atoms with E-state index in [0.717, 1.165) is 0 Å². The predicted molar refractivity (Wildman–Crippen MR) is 84.2 cm³/mol. The second-order valence-electron chi connectivity index (χ2n) is 5.40. The SMILES string of the molecule is CNCCN(C)C(=O)C(C)(C)NC(=O)Nc1ccccc1. The maximum atomic E-state index is 12.3. The molecule has 0 bridgehead atoms. The van der Waals surface area contributed by atoms with E-state index >= 15 is 0 Å². The highest BCUT2D eigenvalue weighted by Crippen LogP contribution is 2.09. The van der Waals surface area contributed by atoms with Gasteiger partial charge in [-0.25, -0.2) is 4.79 Å². The Hall–Kier alpha value is -2.08. The summed E-state index contributed by atoms with van der Waals surface area (Å²) in [4.78, 5) is 25.9. The predicted octanol–water partition coefficient (Wildman–Crippen LogP) is 1.26. The highest BCUT2D eigenvalue weighted by atomic mass is 16.2. The summed E-state index contributed by atoms with van der Waals surface area (Å²) < 4.78 is 0. The van der Waals surface area contributed by atoms with E-state index in [1.807, 2.05) is 25.2 Å². The summed E-state index contributed by atoms with van der Waals surface area (Å²) in [5, 5.41) is 8.39. The lowest BCUT2D eigenvalue weighted by atomic mass is 10.0. The topological polar surface area (TPSA) is 73.5 Å². The molecule has 1 rings (SSSR count). The summed E-state index contributed by atoms with van der Waals surface area (Å²) >= 11 is 0. The largest absolute Gasteiger partial charge is 0.342 e. The van der Waals surface area contributed by atoms with Crippen LogP contribution in [0, 0.1) is 0 Å². The van der Waals surface area contributed by atoms with Crippen molar-refractivity contribution in [1.82, 2.24) is 15.5 Å². The van der Waals surface area contributed by atoms with Gasteiger partial charge >= 0.3 is 6.03 Å². The summed E-state index contributed by atoms with van der Waals surface area (Å²) in [6, 6.07) is 8.70. The Labute approximate surface area is 125 Å². The lowest BCUT2D eigenvalue weighted by Crippen LogP contribution is -2.56. The van der Waals surface area contributed by atoms with E-state index in [0.29, 0.717) is 18.8 Å². The second kappa shape index (κ2) is 7.64. The maximum absolute atomic E-state index is 12.3. The van der Waals surface area contributed by atoms with Crippen LogP contribution in [-0.4, -0.2) is 49.6 Å². The minimum Gasteiger partial charge on any atom is -0.342 e. The fraction of sp³-hybridized carbons (Fsp3) is 0.467. The number of hydrogen-bond donors (Lipinski definition) is 3. The summed E-state index contributed by atoms with van der Waals surface area (Å²) in [5.41, 5.74) is -0.289. The van der Waals surface area contributed by atoms with E-state index in [4.69, 9.17) is 0 Å². The van der Waals surface area contributed by atoms with E-state index in [1.54, 1.807) is 37.9 Å². The van der Waals surface area contributed by atoms with Gasteiger partial charge in [0.1, 0.15) is 5.54 Å². The zero-order valence-electron chi connectivity index (χ0n) is 13.1. The lowest BCUT2D eigenvalue weighted by Gasteiger charge is -2.30. The van der Waals surface area contributed by atoms with Crippen LogP contribution >= 0.6 is 0 Å². The first-order valence-electron chi connectivity index (χ1n) is 6.91. The number of amides is 3. The van der Waals surface area contributed by atoms with E-state index in [1.165, 1.54) is 0 Å². The third-order valence-corrected chi connectivity index (χ3v) is 3.04. The van der Waals surface area contributed by atoms with Crippen molar-refractivity contribution in [2.75, 3.05) is 32.5 Å². The van der Waals surface area contributed by atoms with E-state index < -0.39 is 11.6 Å². The molecular formula is C15H24N4O2. The molecule has 6 heteroatoms. The number of carbonyl (C=O) groups is 2. The van der Waals surface area contributed by atoms with Crippen LogP contribution in [0.2, 0.25) is 0 Å². The van der Waals surface area contributed by atoms with Gasteiger partial charge in [0, 0.05) is 25.8 Å². The molecule has 1 aromatic rings. The van der Waals surface area contributed by atoms with Gasteiger partial charge in [0.25, 0.3) is 0 Å². The van der Waals surface area contributed by atoms with Gasteiger partial charge in [0.05, 0.1) is 0 Å². The van der Waals surface area contributed by atoms with Crippen LogP contribution in [0.15, 0.2) is 30.3 Å². The average Bonchev–Trinajstić information content (AvgIpc) is 2.44. The Bertz CT molecular complexity index is 474. The molecule has 0 saturated heterocycles. The van der Waals surface area contributed by atoms with E-state index in [-0.39, 0.29) is 5.91 Å². The molecule has 3 N–H and O–H groups in total. The monoisotopic (exact) mass is 292 g/mol. The number of para-hydroxylation sites is 1. The van der Waals surface area contributed by atoms with Crippen molar-refractivity contribution in [2.24, 2.45) is 0 Å². The zero-order valence-corrected chi connectivity index (χ0v) is 13.1. The van der Waals surface area contributed by atoms with Gasteiger partial charge in [-0.1, -0.05) is 18.2 Å². The molecule has 0 fully saturated rings. The fourth-order valence-electron chi connectivity index (χ4n) is 1.88. The van der Waals surface area contributed by atoms with Crippen LogP contribution in [0.1, 0.15) is 13.8 Å². The van der Waals surface area contributed by atoms with E-state index in [9.17, 15) is 9.59 Å². The number of nitrogens with zero attached hydrogens (tertiary/aromatic N) is 1. The maximum Gasteiger partial charge on any atom is 0.320 e. The highest BCUT2D eigenvalue weighted by molar-refractivity contribution is 5.95. The van der Waals surface area contributed by atoms with Crippen molar-refractivity contribution in [3.05, 3.63) is 30.3 Å². The Morgan fingerprint density at radius 1 is 1.19 bits per heavy atom. The van der Waals surface area contributed by atoms with Gasteiger partial charge in [-0.3, -0.25) is 4.79 Å². The van der Waals surface area contributed by atoms with Gasteiger partial charge in [-0.05, 0) is 33.0 Å². The molecule has 0 aliphatic rings. The number of urea groups is 1. The molecule has 21 heavy (non-hydrogen) atoms. The standard InChI is InChI=1S/C15H24N4O2/c1-15(2,13(20)19(4)11-10-16-3)18-14(21)17-12-8-6-5-7-9-12/h5-9,16H,10-11H2,1-4H3,(H2,17,18,21). The number of rotatable bonds is 6. The first-order chi connectivity index (χ1) is 9.86. The van der Waals surface area contributed by atoms with Crippen LogP contribution in [-0.2, 0) is 4.79 Å². The Kier molecular flexibility index (Phi) is 6.17. The smallest absolute Gasteiger partial charge is 0.320 e. The second-order valence-corrected chi connectivity index (χ2v) is 5.40. The summed E-state index contributed by atoms with van der Waals surface area (Å²) in [6.07, 6.45) is 0. The third-order valence-electron chi connectivity index (χ3n) is 3.04. The van der Waals surface area contributed by atoms with Crippen LogP contribution in [0.5, 0.6) is 0 Å². The molecule has 0 spiro atoms. The number of nitrogens with one attached hydrogen (secondary N) is 3. The number of benzene rings is 1. The number of likely N-dealkylation sites (N-methyl/N-ethyl adjacent to an activating group) is 2. The van der Waals surface area contributed by atoms with Crippen molar-refractivity contribution in [2.45, 2.75) is 19.4 Å². The molecule has 0 aromatic heterocycles. The molecule has 0 aliphatic carbocycles. The van der Waals surface area contributed by atoms with Crippen molar-refractivity contribution in [3.8, 4) is 0 Å². The Morgan fingerprint density at radius 3 is 2.38 bits per heavy atom. The number of hydrogen-bond acceptors (Lipinski definition) is 3. The fourth-order valence-corrected chi connectivity index (χ4v) is 1.88. The molecular weight excluding hydrogens is 268 g/mol. The molecule has 0 saturated carbocycles. The van der Waals surface area contributed by atoms with Crippen molar-refractivity contribution in [3.63, 3.8) is 0 Å². The van der Waals surface area contributed by atoms with E-state index in [2.05, 4.69) is 16.0 Å². The van der Waals surface area contributed by atoms with Crippen LogP contribution < -0.4 is 16.0 Å². The molecule has 0 atom stereocenters. The van der Waals surface area contributed by atoms with Crippen LogP contribution in [0.25, 0.3) is 0 Å². The van der Waals surface area contributed by atoms with Crippen molar-refractivity contribution < 1.29 is 9.59 Å². The molecule has 3 amide bonds. The minimum atomic E-state index is -0.971. The van der Waals surface area contributed by atoms with Gasteiger partial charge in [-0.2, -0.15) is 0 Å². The number of carbonyl (C=O) groups excluding carboxylic acids is 2. The minimum absolute atomic E-state index is 0.138. The third kappa shape index (κ3) is 5.43. The van der Waals surface area contributed by atoms with Gasteiger partial charge in [0.15, 0.2) is 0 Å². The van der Waals surface area contributed by atoms with Crippen LogP contribution in [0.3, 0.4) is 0 Å². The molecule has 0 unspecified atom stereocenters. The molecule has 1 aromatic carbocycles. The molecule has 0 heterocycles. The van der Waals surface area contributed by atoms with Crippen molar-refractivity contribution >= 4 is 17.6 Å². The zero-order chi connectivity index (χ0) is 15.9. The van der Waals surface area contributed by atoms with Gasteiger partial charge in [0.2, 0.25) is 5.91 Å². The molecule has 116 valence electrons. The molecule has 0 aliphatic heterocycles. The van der Waals surface area contributed by atoms with Gasteiger partial charge in [-0.15, -0.1) is 0 Å².